The van der Waals surface area contributed by atoms with Crippen LogP contribution in [0.5, 0.6) is 0 Å². The summed E-state index contributed by atoms with van der Waals surface area (Å²) in [7, 11) is -5.43. The summed E-state index contributed by atoms with van der Waals surface area (Å²) < 4.78 is 36.3. The van der Waals surface area contributed by atoms with Crippen LogP contribution in [0.25, 0.3) is 0 Å². The van der Waals surface area contributed by atoms with E-state index in [0.29, 0.717) is 39.6 Å². The molecule has 0 rings (SSSR count). The predicted molar refractivity (Wildman–Crippen MR) is 125 cm³/mol. The van der Waals surface area contributed by atoms with E-state index in [1.807, 2.05) is 41.5 Å². The SMILES string of the molecule is CCO[Si](CCC(S)SC(CC)[Si](OCC)(OCC)OCC)(OCC)OCC. The van der Waals surface area contributed by atoms with Crippen LogP contribution in [-0.2, 0) is 26.6 Å². The Labute approximate surface area is 184 Å². The molecule has 0 aromatic carbocycles. The summed E-state index contributed by atoms with van der Waals surface area (Å²) in [6.07, 6.45) is 1.73. The maximum Gasteiger partial charge on any atom is 0.514 e. The second kappa shape index (κ2) is 16.6. The molecule has 6 nitrogen and oxygen atoms in total. The van der Waals surface area contributed by atoms with E-state index >= 15 is 0 Å². The number of thiol groups is 1. The van der Waals surface area contributed by atoms with Gasteiger partial charge in [0.15, 0.2) is 0 Å². The Balaban J connectivity index is 5.15. The molecule has 0 heterocycles. The molecule has 0 aliphatic heterocycles. The minimum Gasteiger partial charge on any atom is -0.374 e. The Hall–Kier alpha value is 0.894. The average molecular weight is 475 g/mol. The van der Waals surface area contributed by atoms with Gasteiger partial charge in [0.25, 0.3) is 0 Å². The van der Waals surface area contributed by atoms with E-state index in [-0.39, 0.29) is 9.46 Å². The van der Waals surface area contributed by atoms with Gasteiger partial charge in [0.2, 0.25) is 0 Å². The maximum absolute atomic E-state index is 6.10. The van der Waals surface area contributed by atoms with Gasteiger partial charge in [-0.15, -0.1) is 11.8 Å². The van der Waals surface area contributed by atoms with E-state index in [9.17, 15) is 0 Å². The fraction of sp³-hybridized carbons (Fsp3) is 1.00. The molecule has 0 amide bonds. The lowest BCUT2D eigenvalue weighted by Gasteiger charge is -2.35. The number of thioether (sulfide) groups is 1. The first kappa shape index (κ1) is 28.9. The van der Waals surface area contributed by atoms with Crippen LogP contribution < -0.4 is 0 Å². The topological polar surface area (TPSA) is 55.4 Å². The monoisotopic (exact) mass is 474 g/mol. The van der Waals surface area contributed by atoms with Crippen LogP contribution in [0.2, 0.25) is 6.04 Å². The average Bonchev–Trinajstić information content (AvgIpc) is 2.65. The Bertz CT molecular complexity index is 348. The number of hydrogen-bond donors (Lipinski definition) is 1. The van der Waals surface area contributed by atoms with Gasteiger partial charge in [-0.05, 0) is 54.4 Å². The summed E-state index contributed by atoms with van der Waals surface area (Å²) in [5.41, 5.74) is 0. The molecule has 0 radical (unpaired) electrons. The van der Waals surface area contributed by atoms with Crippen LogP contribution in [0, 0.1) is 0 Å². The highest BCUT2D eigenvalue weighted by atomic mass is 32.2. The summed E-state index contributed by atoms with van der Waals surface area (Å²) in [6, 6.07) is 0.743. The molecular formula is C18H42O6S2Si2. The highest BCUT2D eigenvalue weighted by molar-refractivity contribution is 8.11. The molecule has 0 fully saturated rings. The van der Waals surface area contributed by atoms with Gasteiger partial charge in [-0.25, -0.2) is 0 Å². The fourth-order valence-corrected chi connectivity index (χ4v) is 12.1. The molecule has 0 aromatic heterocycles. The third-order valence-electron chi connectivity index (χ3n) is 3.91. The van der Waals surface area contributed by atoms with Gasteiger partial charge in [-0.2, -0.15) is 12.6 Å². The van der Waals surface area contributed by atoms with Crippen molar-refractivity contribution in [2.24, 2.45) is 0 Å². The first-order chi connectivity index (χ1) is 13.4. The van der Waals surface area contributed by atoms with Crippen molar-refractivity contribution in [3.8, 4) is 0 Å². The van der Waals surface area contributed by atoms with Crippen molar-refractivity contribution in [1.82, 2.24) is 0 Å². The molecule has 2 unspecified atom stereocenters. The van der Waals surface area contributed by atoms with Crippen molar-refractivity contribution >= 4 is 42.0 Å². The minimum absolute atomic E-state index is 0.0893. The first-order valence-corrected chi connectivity index (χ1v) is 15.8. The van der Waals surface area contributed by atoms with E-state index in [2.05, 4.69) is 6.92 Å². The van der Waals surface area contributed by atoms with Crippen LogP contribution >= 0.6 is 24.4 Å². The normalized spacial score (nSPS) is 15.0. The van der Waals surface area contributed by atoms with Crippen molar-refractivity contribution in [1.29, 1.82) is 0 Å². The zero-order chi connectivity index (χ0) is 21.5. The lowest BCUT2D eigenvalue weighted by molar-refractivity contribution is 0.0691. The third kappa shape index (κ3) is 9.80. The number of rotatable bonds is 19. The van der Waals surface area contributed by atoms with Gasteiger partial charge >= 0.3 is 17.6 Å². The molecule has 0 aliphatic carbocycles. The van der Waals surface area contributed by atoms with Gasteiger partial charge in [0, 0.05) is 50.3 Å². The third-order valence-corrected chi connectivity index (χ3v) is 13.4. The molecular weight excluding hydrogens is 432 g/mol. The van der Waals surface area contributed by atoms with Gasteiger partial charge in [0.1, 0.15) is 0 Å². The fourth-order valence-electron chi connectivity index (χ4n) is 3.00. The van der Waals surface area contributed by atoms with Crippen LogP contribution in [0.3, 0.4) is 0 Å². The highest BCUT2D eigenvalue weighted by Crippen LogP contribution is 2.36. The lowest BCUT2D eigenvalue weighted by atomic mass is 10.6. The summed E-state index contributed by atoms with van der Waals surface area (Å²) in [4.78, 5) is 0.136. The standard InChI is InChI=1S/C18H42O6S2Si2/c1-8-18(28(22-12-5,23-13-6)24-14-7)26-17(25)15-16-27(19-9-2,20-10-3)21-11-4/h17-18,25H,8-16H2,1-7H3. The molecule has 0 aliphatic rings. The molecule has 10 heteroatoms. The van der Waals surface area contributed by atoms with E-state index in [4.69, 9.17) is 39.2 Å². The van der Waals surface area contributed by atoms with E-state index < -0.39 is 17.6 Å². The van der Waals surface area contributed by atoms with Crippen LogP contribution in [0.4, 0.5) is 0 Å². The summed E-state index contributed by atoms with van der Waals surface area (Å²) in [6.45, 7) is 17.5. The Morgan fingerprint density at radius 2 is 1.07 bits per heavy atom. The largest absolute Gasteiger partial charge is 0.514 e. The molecule has 0 spiro atoms. The van der Waals surface area contributed by atoms with Gasteiger partial charge in [-0.3, -0.25) is 0 Å². The van der Waals surface area contributed by atoms with Gasteiger partial charge in [-0.1, -0.05) is 6.92 Å². The van der Waals surface area contributed by atoms with Gasteiger partial charge < -0.3 is 26.6 Å². The van der Waals surface area contributed by atoms with Crippen molar-refractivity contribution in [3.05, 3.63) is 0 Å². The smallest absolute Gasteiger partial charge is 0.374 e. The molecule has 0 aromatic rings. The summed E-state index contributed by atoms with van der Waals surface area (Å²) in [5, 5.41) is 0. The van der Waals surface area contributed by atoms with E-state index in [1.54, 1.807) is 11.8 Å². The van der Waals surface area contributed by atoms with Crippen molar-refractivity contribution in [2.75, 3.05) is 39.6 Å². The zero-order valence-corrected chi connectivity index (χ0v) is 22.5. The summed E-state index contributed by atoms with van der Waals surface area (Å²) >= 11 is 6.62. The molecule has 2 atom stereocenters. The Morgan fingerprint density at radius 1 is 0.679 bits per heavy atom. The van der Waals surface area contributed by atoms with Crippen LogP contribution in [0.1, 0.15) is 61.3 Å². The van der Waals surface area contributed by atoms with Crippen LogP contribution in [-0.4, -0.2) is 66.7 Å². The second-order valence-corrected chi connectivity index (χ2v) is 14.2. The van der Waals surface area contributed by atoms with Gasteiger partial charge in [0.05, 0.1) is 4.87 Å². The van der Waals surface area contributed by atoms with Crippen molar-refractivity contribution in [2.45, 2.75) is 76.8 Å². The molecule has 0 N–H and O–H groups in total. The van der Waals surface area contributed by atoms with Crippen LogP contribution in [0.15, 0.2) is 0 Å². The maximum atomic E-state index is 6.10. The molecule has 0 saturated heterocycles. The van der Waals surface area contributed by atoms with E-state index in [0.717, 1.165) is 18.9 Å². The van der Waals surface area contributed by atoms with Crippen molar-refractivity contribution in [3.63, 3.8) is 0 Å². The lowest BCUT2D eigenvalue weighted by Crippen LogP contribution is -2.55. The zero-order valence-electron chi connectivity index (χ0n) is 18.8. The number of hydrogen-bond acceptors (Lipinski definition) is 8. The first-order valence-electron chi connectivity index (χ1n) is 10.6. The van der Waals surface area contributed by atoms with E-state index in [1.165, 1.54) is 0 Å². The molecule has 0 bridgehead atoms. The minimum atomic E-state index is -2.78. The Morgan fingerprint density at radius 3 is 1.39 bits per heavy atom. The predicted octanol–water partition coefficient (Wildman–Crippen LogP) is 4.78. The Kier molecular flexibility index (Phi) is 17.1. The quantitative estimate of drug-likeness (QED) is 0.164. The molecule has 170 valence electrons. The molecule has 0 saturated carbocycles. The highest BCUT2D eigenvalue weighted by Gasteiger charge is 2.50. The molecule has 28 heavy (non-hydrogen) atoms. The second-order valence-electron chi connectivity index (χ2n) is 5.91. The van der Waals surface area contributed by atoms with Crippen molar-refractivity contribution < 1.29 is 26.6 Å². The summed E-state index contributed by atoms with van der Waals surface area (Å²) in [5.74, 6) is 0.